The standard InChI is InChI=1S/C18H28O10/c1-16(2)26-13-12-17(3,27-12)11-15(23-5-4-18(11,13)28-16)25-14-10(22)9(21)8(20)7(6-19)24-14/h7-15,19-22H,4-6H2,1-3H3/t7-,8-,9+,10-,11?,12+,13-,14+,15+,17-,18+/m1/s1. The summed E-state index contributed by atoms with van der Waals surface area (Å²) in [4.78, 5) is 0. The third-order valence-electron chi connectivity index (χ3n) is 6.80. The monoisotopic (exact) mass is 404 g/mol. The Morgan fingerprint density at radius 1 is 0.964 bits per heavy atom. The molecule has 4 saturated heterocycles. The van der Waals surface area contributed by atoms with Crippen LogP contribution in [-0.2, 0) is 28.4 Å². The molecule has 4 aliphatic heterocycles. The van der Waals surface area contributed by atoms with E-state index in [4.69, 9.17) is 28.4 Å². The Balaban J connectivity index is 1.41. The van der Waals surface area contributed by atoms with Gasteiger partial charge in [-0.2, -0.15) is 0 Å². The van der Waals surface area contributed by atoms with Crippen molar-refractivity contribution in [3.05, 3.63) is 0 Å². The summed E-state index contributed by atoms with van der Waals surface area (Å²) >= 11 is 0. The van der Waals surface area contributed by atoms with Crippen LogP contribution in [0.1, 0.15) is 27.2 Å². The Morgan fingerprint density at radius 3 is 2.43 bits per heavy atom. The van der Waals surface area contributed by atoms with Gasteiger partial charge in [0.2, 0.25) is 0 Å². The summed E-state index contributed by atoms with van der Waals surface area (Å²) in [5, 5.41) is 39.7. The van der Waals surface area contributed by atoms with E-state index in [9.17, 15) is 20.4 Å². The molecule has 5 rings (SSSR count). The van der Waals surface area contributed by atoms with E-state index >= 15 is 0 Å². The number of hydrogen-bond acceptors (Lipinski definition) is 10. The van der Waals surface area contributed by atoms with E-state index in [1.807, 2.05) is 20.8 Å². The van der Waals surface area contributed by atoms with Crippen molar-refractivity contribution in [3.8, 4) is 0 Å². The maximum absolute atomic E-state index is 10.3. The van der Waals surface area contributed by atoms with Crippen molar-refractivity contribution >= 4 is 0 Å². The van der Waals surface area contributed by atoms with Gasteiger partial charge in [0.25, 0.3) is 0 Å². The van der Waals surface area contributed by atoms with Crippen molar-refractivity contribution < 1.29 is 48.8 Å². The Labute approximate surface area is 162 Å². The second kappa shape index (κ2) is 6.07. The molecule has 0 aromatic rings. The third-order valence-corrected chi connectivity index (χ3v) is 6.80. The molecule has 1 saturated carbocycles. The molecule has 0 radical (unpaired) electrons. The molecule has 28 heavy (non-hydrogen) atoms. The van der Waals surface area contributed by atoms with Crippen LogP contribution in [0.2, 0.25) is 0 Å². The highest BCUT2D eigenvalue weighted by molar-refractivity contribution is 5.28. The number of rotatable bonds is 3. The van der Waals surface area contributed by atoms with Gasteiger partial charge in [0.15, 0.2) is 18.4 Å². The average molecular weight is 404 g/mol. The number of epoxide rings is 1. The van der Waals surface area contributed by atoms with Crippen LogP contribution in [0, 0.1) is 5.92 Å². The summed E-state index contributed by atoms with van der Waals surface area (Å²) in [6.45, 7) is 5.51. The first kappa shape index (κ1) is 19.6. The van der Waals surface area contributed by atoms with Crippen LogP contribution in [0.3, 0.4) is 0 Å². The molecule has 0 bridgehead atoms. The Hall–Kier alpha value is -0.400. The van der Waals surface area contributed by atoms with Crippen molar-refractivity contribution in [2.45, 2.75) is 93.4 Å². The molecular formula is C18H28O10. The van der Waals surface area contributed by atoms with E-state index in [1.165, 1.54) is 0 Å². The van der Waals surface area contributed by atoms with Gasteiger partial charge in [0.05, 0.1) is 19.1 Å². The fourth-order valence-corrected chi connectivity index (χ4v) is 5.55. The topological polar surface area (TPSA) is 140 Å². The van der Waals surface area contributed by atoms with Crippen LogP contribution in [0.25, 0.3) is 0 Å². The largest absolute Gasteiger partial charge is 0.394 e. The summed E-state index contributed by atoms with van der Waals surface area (Å²) < 4.78 is 35.7. The van der Waals surface area contributed by atoms with Gasteiger partial charge in [0, 0.05) is 6.42 Å². The molecule has 160 valence electrons. The maximum atomic E-state index is 10.3. The molecule has 0 aromatic heterocycles. The molecule has 1 aliphatic carbocycles. The summed E-state index contributed by atoms with van der Waals surface area (Å²) in [6, 6.07) is 0. The van der Waals surface area contributed by atoms with Gasteiger partial charge in [-0.15, -0.1) is 0 Å². The van der Waals surface area contributed by atoms with Crippen LogP contribution < -0.4 is 0 Å². The molecule has 0 aromatic carbocycles. The normalized spacial score (nSPS) is 59.5. The van der Waals surface area contributed by atoms with Gasteiger partial charge < -0.3 is 48.8 Å². The zero-order valence-electron chi connectivity index (χ0n) is 16.1. The molecule has 4 heterocycles. The zero-order chi connectivity index (χ0) is 20.1. The van der Waals surface area contributed by atoms with E-state index in [-0.39, 0.29) is 18.1 Å². The second-order valence-corrected chi connectivity index (χ2v) is 9.02. The number of fused-ring (bicyclic) bond motifs is 3. The van der Waals surface area contributed by atoms with Gasteiger partial charge in [-0.25, -0.2) is 0 Å². The SMILES string of the molecule is CC1(C)O[C@@H]2[C@@H]3O[C@]3(C)C3[C@H](O[C@@H]4O[C@H](CO)[C@@H](O)[C@H](O)[C@H]4O)OCC[C@]32O1. The van der Waals surface area contributed by atoms with Crippen LogP contribution >= 0.6 is 0 Å². The van der Waals surface area contributed by atoms with Gasteiger partial charge >= 0.3 is 0 Å². The lowest BCUT2D eigenvalue weighted by atomic mass is 9.79. The molecular weight excluding hydrogens is 376 g/mol. The van der Waals surface area contributed by atoms with E-state index in [1.54, 1.807) is 0 Å². The predicted molar refractivity (Wildman–Crippen MR) is 88.7 cm³/mol. The van der Waals surface area contributed by atoms with Gasteiger partial charge in [-0.3, -0.25) is 0 Å². The smallest absolute Gasteiger partial charge is 0.189 e. The highest BCUT2D eigenvalue weighted by Crippen LogP contribution is 2.67. The fourth-order valence-electron chi connectivity index (χ4n) is 5.55. The van der Waals surface area contributed by atoms with Gasteiger partial charge in [-0.1, -0.05) is 0 Å². The summed E-state index contributed by atoms with van der Waals surface area (Å²) in [5.41, 5.74) is -1.20. The highest BCUT2D eigenvalue weighted by Gasteiger charge is 2.84. The van der Waals surface area contributed by atoms with Crippen LogP contribution in [0.5, 0.6) is 0 Å². The minimum Gasteiger partial charge on any atom is -0.394 e. The second-order valence-electron chi connectivity index (χ2n) is 9.02. The summed E-state index contributed by atoms with van der Waals surface area (Å²) in [6.07, 6.45) is -7.41. The van der Waals surface area contributed by atoms with Gasteiger partial charge in [0.1, 0.15) is 47.8 Å². The van der Waals surface area contributed by atoms with Crippen molar-refractivity contribution in [1.29, 1.82) is 0 Å². The molecule has 1 unspecified atom stereocenters. The fraction of sp³-hybridized carbons (Fsp3) is 1.00. The minimum atomic E-state index is -1.52. The molecule has 10 nitrogen and oxygen atoms in total. The third kappa shape index (κ3) is 2.51. The van der Waals surface area contributed by atoms with Crippen LogP contribution in [0.4, 0.5) is 0 Å². The van der Waals surface area contributed by atoms with Crippen LogP contribution in [0.15, 0.2) is 0 Å². The minimum absolute atomic E-state index is 0.137. The first-order valence-electron chi connectivity index (χ1n) is 9.76. The number of aliphatic hydroxyl groups is 4. The summed E-state index contributed by atoms with van der Waals surface area (Å²) in [5.74, 6) is -1.10. The summed E-state index contributed by atoms with van der Waals surface area (Å²) in [7, 11) is 0. The molecule has 5 fully saturated rings. The first-order valence-corrected chi connectivity index (χ1v) is 9.76. The van der Waals surface area contributed by atoms with E-state index in [2.05, 4.69) is 0 Å². The van der Waals surface area contributed by atoms with Crippen LogP contribution in [-0.4, -0.2) is 99.8 Å². The van der Waals surface area contributed by atoms with E-state index in [0.29, 0.717) is 13.0 Å². The molecule has 11 atom stereocenters. The van der Waals surface area contributed by atoms with E-state index < -0.39 is 60.6 Å². The highest BCUT2D eigenvalue weighted by atomic mass is 16.8. The van der Waals surface area contributed by atoms with Crippen molar-refractivity contribution in [2.24, 2.45) is 5.92 Å². The Kier molecular flexibility index (Phi) is 4.24. The predicted octanol–water partition coefficient (Wildman–Crippen LogP) is -1.77. The first-order chi connectivity index (χ1) is 13.1. The Bertz CT molecular complexity index is 642. The van der Waals surface area contributed by atoms with Crippen molar-refractivity contribution in [3.63, 3.8) is 0 Å². The number of ether oxygens (including phenoxy) is 6. The molecule has 4 N–H and O–H groups in total. The lowest BCUT2D eigenvalue weighted by Crippen LogP contribution is -2.62. The molecule has 0 amide bonds. The van der Waals surface area contributed by atoms with Gasteiger partial charge in [-0.05, 0) is 20.8 Å². The Morgan fingerprint density at radius 2 is 1.71 bits per heavy atom. The quantitative estimate of drug-likeness (QED) is 0.400. The number of hydrogen-bond donors (Lipinski definition) is 4. The molecule has 5 aliphatic rings. The molecule has 10 heteroatoms. The maximum Gasteiger partial charge on any atom is 0.189 e. The number of aliphatic hydroxyl groups excluding tert-OH is 4. The lowest BCUT2D eigenvalue weighted by molar-refractivity contribution is -0.365. The molecule has 1 spiro atoms. The van der Waals surface area contributed by atoms with Crippen molar-refractivity contribution in [1.82, 2.24) is 0 Å². The average Bonchev–Trinajstić information content (AvgIpc) is 3.16. The lowest BCUT2D eigenvalue weighted by Gasteiger charge is -2.47. The van der Waals surface area contributed by atoms with E-state index in [0.717, 1.165) is 0 Å². The zero-order valence-corrected chi connectivity index (χ0v) is 16.1. The van der Waals surface area contributed by atoms with Crippen molar-refractivity contribution in [2.75, 3.05) is 13.2 Å².